The number of fused-ring (bicyclic) bond motifs is 1. The molecule has 0 aliphatic heterocycles. The fourth-order valence-electron chi connectivity index (χ4n) is 3.14. The van der Waals surface area contributed by atoms with E-state index in [4.69, 9.17) is 16.0 Å². The summed E-state index contributed by atoms with van der Waals surface area (Å²) in [4.78, 5) is 13.5. The molecule has 4 aromatic rings. The van der Waals surface area contributed by atoms with E-state index in [1.807, 2.05) is 73.7 Å². The van der Waals surface area contributed by atoms with Crippen molar-refractivity contribution in [2.75, 3.05) is 10.6 Å². The van der Waals surface area contributed by atoms with Crippen LogP contribution in [0, 0.1) is 6.92 Å². The van der Waals surface area contributed by atoms with Crippen LogP contribution in [0.1, 0.15) is 5.56 Å². The predicted molar refractivity (Wildman–Crippen MR) is 107 cm³/mol. The van der Waals surface area contributed by atoms with Crippen molar-refractivity contribution in [2.45, 2.75) is 6.92 Å². The van der Waals surface area contributed by atoms with E-state index in [-0.39, 0.29) is 0 Å². The SMILES string of the molecule is Cc1ccc(N(C(N)=O)c2ccc(-c3cccc4onc(N)c34)cc2)cc1. The summed E-state index contributed by atoms with van der Waals surface area (Å²) >= 11 is 0. The van der Waals surface area contributed by atoms with Gasteiger partial charge in [0, 0.05) is 0 Å². The van der Waals surface area contributed by atoms with Crippen LogP contribution in [0.3, 0.4) is 0 Å². The van der Waals surface area contributed by atoms with Crippen LogP contribution in [0.2, 0.25) is 0 Å². The number of benzene rings is 3. The topological polar surface area (TPSA) is 98.4 Å². The zero-order valence-electron chi connectivity index (χ0n) is 14.7. The summed E-state index contributed by atoms with van der Waals surface area (Å²) in [5, 5.41) is 4.60. The van der Waals surface area contributed by atoms with E-state index in [0.29, 0.717) is 22.8 Å². The maximum absolute atomic E-state index is 12.0. The van der Waals surface area contributed by atoms with Crippen molar-refractivity contribution in [2.24, 2.45) is 5.73 Å². The first-order valence-electron chi connectivity index (χ1n) is 8.45. The Hall–Kier alpha value is -3.80. The number of primary amides is 1. The number of urea groups is 1. The Morgan fingerprint density at radius 3 is 2.22 bits per heavy atom. The highest BCUT2D eigenvalue weighted by atomic mass is 16.5. The van der Waals surface area contributed by atoms with E-state index in [0.717, 1.165) is 22.1 Å². The highest BCUT2D eigenvalue weighted by Gasteiger charge is 2.16. The van der Waals surface area contributed by atoms with Gasteiger partial charge in [-0.1, -0.05) is 47.1 Å². The van der Waals surface area contributed by atoms with Crippen molar-refractivity contribution in [3.05, 3.63) is 72.3 Å². The van der Waals surface area contributed by atoms with Gasteiger partial charge in [0.05, 0.1) is 16.8 Å². The average Bonchev–Trinajstić information content (AvgIpc) is 3.05. The molecule has 3 aromatic carbocycles. The molecule has 0 spiro atoms. The lowest BCUT2D eigenvalue weighted by atomic mass is 10.0. The number of hydrogen-bond donors (Lipinski definition) is 2. The standard InChI is InChI=1S/C21H18N4O2/c1-13-5-9-15(10-6-13)25(21(23)26)16-11-7-14(8-12-16)17-3-2-4-18-19(17)20(22)24-27-18/h2-12H,1H3,(H2,22,24)(H2,23,26). The van der Waals surface area contributed by atoms with Crippen LogP contribution in [-0.2, 0) is 0 Å². The van der Waals surface area contributed by atoms with Gasteiger partial charge in [-0.2, -0.15) is 0 Å². The summed E-state index contributed by atoms with van der Waals surface area (Å²) in [6, 6.07) is 20.3. The maximum atomic E-state index is 12.0. The molecule has 6 nitrogen and oxygen atoms in total. The van der Waals surface area contributed by atoms with Crippen LogP contribution in [0.5, 0.6) is 0 Å². The third kappa shape index (κ3) is 2.97. The summed E-state index contributed by atoms with van der Waals surface area (Å²) in [6.07, 6.45) is 0. The minimum Gasteiger partial charge on any atom is -0.380 e. The number of aryl methyl sites for hydroxylation is 1. The molecule has 0 saturated carbocycles. The molecule has 0 fully saturated rings. The van der Waals surface area contributed by atoms with Gasteiger partial charge in [-0.25, -0.2) is 4.79 Å². The molecular formula is C21H18N4O2. The third-order valence-corrected chi connectivity index (χ3v) is 4.47. The average molecular weight is 358 g/mol. The van der Waals surface area contributed by atoms with Crippen LogP contribution in [0.4, 0.5) is 22.0 Å². The molecule has 134 valence electrons. The van der Waals surface area contributed by atoms with E-state index in [1.165, 1.54) is 4.90 Å². The Bertz CT molecular complexity index is 1120. The number of amides is 2. The van der Waals surface area contributed by atoms with Crippen molar-refractivity contribution in [1.29, 1.82) is 0 Å². The summed E-state index contributed by atoms with van der Waals surface area (Å²) in [7, 11) is 0. The lowest BCUT2D eigenvalue weighted by molar-refractivity contribution is 0.256. The number of anilines is 3. The van der Waals surface area contributed by atoms with Crippen molar-refractivity contribution in [3.8, 4) is 11.1 Å². The first-order valence-corrected chi connectivity index (χ1v) is 8.45. The molecule has 2 amide bonds. The Morgan fingerprint density at radius 2 is 1.59 bits per heavy atom. The number of carbonyl (C=O) groups is 1. The van der Waals surface area contributed by atoms with Crippen molar-refractivity contribution < 1.29 is 9.32 Å². The number of nitrogen functional groups attached to an aromatic ring is 1. The highest BCUT2D eigenvalue weighted by molar-refractivity contribution is 6.01. The number of nitrogens with two attached hydrogens (primary N) is 2. The molecule has 0 aliphatic carbocycles. The van der Waals surface area contributed by atoms with Crippen molar-refractivity contribution in [3.63, 3.8) is 0 Å². The lowest BCUT2D eigenvalue weighted by Crippen LogP contribution is -2.31. The Labute approximate surface area is 156 Å². The molecular weight excluding hydrogens is 340 g/mol. The van der Waals surface area contributed by atoms with Crippen molar-refractivity contribution in [1.82, 2.24) is 5.16 Å². The summed E-state index contributed by atoms with van der Waals surface area (Å²) in [5.74, 6) is 0.350. The molecule has 0 radical (unpaired) electrons. The largest absolute Gasteiger partial charge is 0.380 e. The van der Waals surface area contributed by atoms with E-state index < -0.39 is 6.03 Å². The molecule has 1 aromatic heterocycles. The normalized spacial score (nSPS) is 10.9. The highest BCUT2D eigenvalue weighted by Crippen LogP contribution is 2.34. The zero-order valence-corrected chi connectivity index (χ0v) is 14.7. The molecule has 0 aliphatic rings. The predicted octanol–water partition coefficient (Wildman–Crippen LogP) is 4.60. The maximum Gasteiger partial charge on any atom is 0.323 e. The number of nitrogens with zero attached hydrogens (tertiary/aromatic N) is 2. The van der Waals surface area contributed by atoms with Gasteiger partial charge in [-0.05, 0) is 48.4 Å². The van der Waals surface area contributed by atoms with Crippen LogP contribution in [0.25, 0.3) is 22.1 Å². The quantitative estimate of drug-likeness (QED) is 0.559. The second kappa shape index (κ2) is 6.49. The molecule has 4 N–H and O–H groups in total. The zero-order chi connectivity index (χ0) is 19.0. The molecule has 1 heterocycles. The molecule has 0 saturated heterocycles. The van der Waals surface area contributed by atoms with Gasteiger partial charge in [0.25, 0.3) is 0 Å². The Morgan fingerprint density at radius 1 is 0.963 bits per heavy atom. The van der Waals surface area contributed by atoms with Gasteiger partial charge in [0.1, 0.15) is 0 Å². The number of hydrogen-bond acceptors (Lipinski definition) is 4. The number of carbonyl (C=O) groups excluding carboxylic acids is 1. The second-order valence-electron chi connectivity index (χ2n) is 6.30. The monoisotopic (exact) mass is 358 g/mol. The third-order valence-electron chi connectivity index (χ3n) is 4.47. The van der Waals surface area contributed by atoms with Crippen LogP contribution < -0.4 is 16.4 Å². The molecule has 6 heteroatoms. The van der Waals surface area contributed by atoms with E-state index in [2.05, 4.69) is 5.16 Å². The molecule has 0 atom stereocenters. The summed E-state index contributed by atoms with van der Waals surface area (Å²) in [6.45, 7) is 1.99. The van der Waals surface area contributed by atoms with E-state index in [9.17, 15) is 4.79 Å². The first kappa shape index (κ1) is 16.7. The molecule has 0 bridgehead atoms. The van der Waals surface area contributed by atoms with Crippen LogP contribution in [-0.4, -0.2) is 11.2 Å². The molecule has 27 heavy (non-hydrogen) atoms. The molecule has 4 rings (SSSR count). The van der Waals surface area contributed by atoms with E-state index in [1.54, 1.807) is 0 Å². The van der Waals surface area contributed by atoms with Gasteiger partial charge in [-0.15, -0.1) is 0 Å². The lowest BCUT2D eigenvalue weighted by Gasteiger charge is -2.21. The minimum atomic E-state index is -0.544. The minimum absolute atomic E-state index is 0.350. The Kier molecular flexibility index (Phi) is 4.01. The first-order chi connectivity index (χ1) is 13.0. The summed E-state index contributed by atoms with van der Waals surface area (Å²) in [5.41, 5.74) is 16.6. The van der Waals surface area contributed by atoms with E-state index >= 15 is 0 Å². The number of aromatic nitrogens is 1. The second-order valence-corrected chi connectivity index (χ2v) is 6.30. The summed E-state index contributed by atoms with van der Waals surface area (Å²) < 4.78 is 5.23. The van der Waals surface area contributed by atoms with Gasteiger partial charge in [-0.3, -0.25) is 4.90 Å². The smallest absolute Gasteiger partial charge is 0.323 e. The fourth-order valence-corrected chi connectivity index (χ4v) is 3.14. The van der Waals surface area contributed by atoms with Gasteiger partial charge in [0.15, 0.2) is 11.4 Å². The van der Waals surface area contributed by atoms with Crippen molar-refractivity contribution >= 4 is 34.2 Å². The molecule has 0 unspecified atom stereocenters. The van der Waals surface area contributed by atoms with Gasteiger partial charge < -0.3 is 16.0 Å². The fraction of sp³-hybridized carbons (Fsp3) is 0.0476. The van der Waals surface area contributed by atoms with Crippen LogP contribution >= 0.6 is 0 Å². The van der Waals surface area contributed by atoms with Gasteiger partial charge >= 0.3 is 6.03 Å². The van der Waals surface area contributed by atoms with Crippen LogP contribution in [0.15, 0.2) is 71.3 Å². The van der Waals surface area contributed by atoms with Gasteiger partial charge in [0.2, 0.25) is 0 Å². The Balaban J connectivity index is 1.75. The number of rotatable bonds is 3.